The van der Waals surface area contributed by atoms with E-state index in [4.69, 9.17) is 16.3 Å². The second-order valence-electron chi connectivity index (χ2n) is 6.57. The van der Waals surface area contributed by atoms with Crippen molar-refractivity contribution < 1.29 is 14.9 Å². The monoisotopic (exact) mass is 341 g/mol. The minimum absolute atomic E-state index is 0.0357. The molecule has 0 saturated carbocycles. The van der Waals surface area contributed by atoms with Gasteiger partial charge in [-0.1, -0.05) is 31.5 Å². The summed E-state index contributed by atoms with van der Waals surface area (Å²) in [5.41, 5.74) is -0.229. The number of β-amino-alcohol motifs (C(OH)–C–C–N with tert-alkyl or cyclic N) is 1. The molecular weight excluding hydrogens is 314 g/mol. The van der Waals surface area contributed by atoms with Crippen molar-refractivity contribution in [3.63, 3.8) is 0 Å². The molecule has 1 aliphatic heterocycles. The zero-order valence-electron chi connectivity index (χ0n) is 14.3. The summed E-state index contributed by atoms with van der Waals surface area (Å²) in [5, 5.41) is 21.7. The Hall–Kier alpha value is -0.810. The summed E-state index contributed by atoms with van der Waals surface area (Å²) in [6.07, 6.45) is 1.84. The van der Waals surface area contributed by atoms with E-state index in [1.165, 1.54) is 0 Å². The molecule has 1 heterocycles. The summed E-state index contributed by atoms with van der Waals surface area (Å²) in [5.74, 6) is 0.548. The molecule has 1 aromatic rings. The van der Waals surface area contributed by atoms with Crippen LogP contribution in [0.4, 0.5) is 0 Å². The molecule has 0 spiro atoms. The highest BCUT2D eigenvalue weighted by Gasteiger charge is 2.43. The zero-order chi connectivity index (χ0) is 17.0. The Bertz CT molecular complexity index is 521. The second-order valence-corrected chi connectivity index (χ2v) is 6.98. The highest BCUT2D eigenvalue weighted by Crippen LogP contribution is 2.29. The number of halogens is 1. The van der Waals surface area contributed by atoms with Gasteiger partial charge in [0.15, 0.2) is 0 Å². The van der Waals surface area contributed by atoms with Gasteiger partial charge in [-0.05, 0) is 43.9 Å². The van der Waals surface area contributed by atoms with Gasteiger partial charge in [0.25, 0.3) is 0 Å². The van der Waals surface area contributed by atoms with E-state index in [0.717, 1.165) is 24.9 Å². The predicted molar refractivity (Wildman–Crippen MR) is 93.2 cm³/mol. The number of benzene rings is 1. The summed E-state index contributed by atoms with van der Waals surface area (Å²) in [4.78, 5) is 2.26. The van der Waals surface area contributed by atoms with Gasteiger partial charge < -0.3 is 14.9 Å². The van der Waals surface area contributed by atoms with E-state index < -0.39 is 11.7 Å². The van der Waals surface area contributed by atoms with Crippen molar-refractivity contribution in [3.8, 4) is 5.75 Å². The van der Waals surface area contributed by atoms with E-state index in [2.05, 4.69) is 18.7 Å². The van der Waals surface area contributed by atoms with Crippen molar-refractivity contribution in [3.05, 3.63) is 28.8 Å². The van der Waals surface area contributed by atoms with Crippen LogP contribution in [-0.2, 0) is 0 Å². The molecule has 2 N–H and O–H groups in total. The van der Waals surface area contributed by atoms with Crippen LogP contribution in [-0.4, -0.2) is 52.6 Å². The van der Waals surface area contributed by atoms with Gasteiger partial charge in [0, 0.05) is 19.1 Å². The lowest BCUT2D eigenvalue weighted by molar-refractivity contribution is -0.145. The van der Waals surface area contributed by atoms with Crippen LogP contribution in [0.1, 0.15) is 38.7 Å². The molecule has 0 bridgehead atoms. The number of piperidine rings is 1. The average Bonchev–Trinajstić information content (AvgIpc) is 2.53. The summed E-state index contributed by atoms with van der Waals surface area (Å²) in [6, 6.07) is 5.97. The van der Waals surface area contributed by atoms with Crippen molar-refractivity contribution in [2.24, 2.45) is 0 Å². The summed E-state index contributed by atoms with van der Waals surface area (Å²) < 4.78 is 5.76. The number of ether oxygens (including phenoxy) is 1. The molecule has 0 aromatic heterocycles. The number of aliphatic hydroxyl groups is 2. The SMILES string of the molecule is CCC(CC)N1CC[C@H](O)[C@@](O)(COc2cc(C)ccc2Cl)C1. The highest BCUT2D eigenvalue weighted by molar-refractivity contribution is 6.32. The molecule has 1 fully saturated rings. The highest BCUT2D eigenvalue weighted by atomic mass is 35.5. The van der Waals surface area contributed by atoms with Crippen LogP contribution in [0.3, 0.4) is 0 Å². The third-order valence-electron chi connectivity index (χ3n) is 4.81. The van der Waals surface area contributed by atoms with Crippen LogP contribution < -0.4 is 4.74 Å². The van der Waals surface area contributed by atoms with Crippen LogP contribution in [0.25, 0.3) is 0 Å². The first kappa shape index (κ1) is 18.5. The molecule has 0 unspecified atom stereocenters. The quantitative estimate of drug-likeness (QED) is 0.835. The van der Waals surface area contributed by atoms with Crippen molar-refractivity contribution in [2.45, 2.75) is 57.8 Å². The molecule has 1 saturated heterocycles. The maximum absolute atomic E-state index is 10.9. The first-order valence-corrected chi connectivity index (χ1v) is 8.80. The first-order chi connectivity index (χ1) is 10.9. The molecule has 1 aliphatic rings. The molecule has 0 radical (unpaired) electrons. The van der Waals surface area contributed by atoms with Crippen LogP contribution in [0.2, 0.25) is 5.02 Å². The van der Waals surface area contributed by atoms with Gasteiger partial charge in [0.05, 0.1) is 11.1 Å². The molecule has 2 atom stereocenters. The van der Waals surface area contributed by atoms with Gasteiger partial charge in [0.2, 0.25) is 0 Å². The van der Waals surface area contributed by atoms with Gasteiger partial charge >= 0.3 is 0 Å². The number of aryl methyl sites for hydroxylation is 1. The minimum Gasteiger partial charge on any atom is -0.489 e. The molecule has 2 rings (SSSR count). The summed E-state index contributed by atoms with van der Waals surface area (Å²) >= 11 is 6.14. The van der Waals surface area contributed by atoms with Gasteiger partial charge in [-0.3, -0.25) is 4.90 Å². The molecule has 5 heteroatoms. The minimum atomic E-state index is -1.27. The van der Waals surface area contributed by atoms with Crippen molar-refractivity contribution >= 4 is 11.6 Å². The normalized spacial score (nSPS) is 25.8. The van der Waals surface area contributed by atoms with E-state index in [0.29, 0.717) is 29.8 Å². The topological polar surface area (TPSA) is 52.9 Å². The number of rotatable bonds is 6. The van der Waals surface area contributed by atoms with E-state index >= 15 is 0 Å². The Morgan fingerprint density at radius 2 is 2.09 bits per heavy atom. The van der Waals surface area contributed by atoms with Crippen LogP contribution in [0, 0.1) is 6.92 Å². The molecule has 23 heavy (non-hydrogen) atoms. The Labute approximate surface area is 144 Å². The van der Waals surface area contributed by atoms with Gasteiger partial charge in [-0.15, -0.1) is 0 Å². The third-order valence-corrected chi connectivity index (χ3v) is 5.12. The summed E-state index contributed by atoms with van der Waals surface area (Å²) in [6.45, 7) is 7.53. The third kappa shape index (κ3) is 4.38. The van der Waals surface area contributed by atoms with Crippen molar-refractivity contribution in [2.75, 3.05) is 19.7 Å². The molecule has 0 aliphatic carbocycles. The molecular formula is C18H28ClNO3. The van der Waals surface area contributed by atoms with Crippen LogP contribution >= 0.6 is 11.6 Å². The fourth-order valence-corrected chi connectivity index (χ4v) is 3.45. The van der Waals surface area contributed by atoms with Crippen molar-refractivity contribution in [1.29, 1.82) is 0 Å². The Morgan fingerprint density at radius 1 is 1.39 bits per heavy atom. The Kier molecular flexibility index (Phi) is 6.32. The van der Waals surface area contributed by atoms with E-state index in [1.807, 2.05) is 19.1 Å². The van der Waals surface area contributed by atoms with E-state index in [9.17, 15) is 10.2 Å². The van der Waals surface area contributed by atoms with Gasteiger partial charge in [0.1, 0.15) is 18.0 Å². The molecule has 0 amide bonds. The summed E-state index contributed by atoms with van der Waals surface area (Å²) in [7, 11) is 0. The van der Waals surface area contributed by atoms with E-state index in [-0.39, 0.29) is 6.61 Å². The second kappa shape index (κ2) is 7.84. The molecule has 1 aromatic carbocycles. The number of hydrogen-bond donors (Lipinski definition) is 2. The van der Waals surface area contributed by atoms with Crippen LogP contribution in [0.5, 0.6) is 5.75 Å². The van der Waals surface area contributed by atoms with Crippen molar-refractivity contribution in [1.82, 2.24) is 4.90 Å². The maximum atomic E-state index is 10.9. The van der Waals surface area contributed by atoms with Crippen LogP contribution in [0.15, 0.2) is 18.2 Å². The van der Waals surface area contributed by atoms with Gasteiger partial charge in [-0.2, -0.15) is 0 Å². The fourth-order valence-electron chi connectivity index (χ4n) is 3.28. The number of likely N-dealkylation sites (tertiary alicyclic amines) is 1. The van der Waals surface area contributed by atoms with E-state index in [1.54, 1.807) is 6.07 Å². The maximum Gasteiger partial charge on any atom is 0.138 e. The fraction of sp³-hybridized carbons (Fsp3) is 0.667. The largest absolute Gasteiger partial charge is 0.489 e. The molecule has 4 nitrogen and oxygen atoms in total. The lowest BCUT2D eigenvalue weighted by Crippen LogP contribution is -2.61. The number of nitrogens with zero attached hydrogens (tertiary/aromatic N) is 1. The standard InChI is InChI=1S/C18H28ClNO3/c1-4-14(5-2)20-9-8-17(21)18(22,11-20)12-23-16-10-13(3)6-7-15(16)19/h6-7,10,14,17,21-22H,4-5,8-9,11-12H2,1-3H3/t17-,18-/m0/s1. The Morgan fingerprint density at radius 3 is 2.74 bits per heavy atom. The number of aliphatic hydroxyl groups excluding tert-OH is 1. The first-order valence-electron chi connectivity index (χ1n) is 8.43. The lowest BCUT2D eigenvalue weighted by atomic mass is 9.89. The Balaban J connectivity index is 2.07. The smallest absolute Gasteiger partial charge is 0.138 e. The predicted octanol–water partition coefficient (Wildman–Crippen LogP) is 3.01. The molecule has 130 valence electrons. The number of hydrogen-bond acceptors (Lipinski definition) is 4. The zero-order valence-corrected chi connectivity index (χ0v) is 15.0. The lowest BCUT2D eigenvalue weighted by Gasteiger charge is -2.45. The van der Waals surface area contributed by atoms with Gasteiger partial charge in [-0.25, -0.2) is 0 Å². The average molecular weight is 342 g/mol.